The molecular weight excluding hydrogens is 398 g/mol. The van der Waals surface area contributed by atoms with Crippen LogP contribution in [0.1, 0.15) is 15.9 Å². The minimum absolute atomic E-state index is 0.0852. The van der Waals surface area contributed by atoms with Crippen molar-refractivity contribution in [2.45, 2.75) is 0 Å². The molecule has 0 radical (unpaired) electrons. The molecule has 104 valence electrons. The Hall–Kier alpha value is -1.27. The Morgan fingerprint density at radius 3 is 2.20 bits per heavy atom. The van der Waals surface area contributed by atoms with Crippen molar-refractivity contribution in [3.63, 3.8) is 0 Å². The molecule has 2 rings (SSSR count). The van der Waals surface area contributed by atoms with Crippen LogP contribution in [0.5, 0.6) is 5.75 Å². The van der Waals surface area contributed by atoms with Gasteiger partial charge in [-0.1, -0.05) is 31.9 Å². The number of benzene rings is 2. The summed E-state index contributed by atoms with van der Waals surface area (Å²) in [7, 11) is 1.38. The molecule has 0 fully saturated rings. The molecule has 0 amide bonds. The van der Waals surface area contributed by atoms with Crippen LogP contribution in [0.15, 0.2) is 39.3 Å². The molecule has 0 bridgehead atoms. The van der Waals surface area contributed by atoms with Crippen LogP contribution in [0.3, 0.4) is 0 Å². The van der Waals surface area contributed by atoms with Gasteiger partial charge in [0.15, 0.2) is 0 Å². The van der Waals surface area contributed by atoms with Gasteiger partial charge in [0.25, 0.3) is 0 Å². The normalized spacial score (nSPS) is 10.4. The van der Waals surface area contributed by atoms with Gasteiger partial charge in [-0.05, 0) is 30.3 Å². The maximum atomic E-state index is 13.8. The number of hydrogen-bond acceptors (Lipinski definition) is 2. The van der Waals surface area contributed by atoms with Gasteiger partial charge in [0, 0.05) is 8.95 Å². The lowest BCUT2D eigenvalue weighted by Crippen LogP contribution is -2.09. The monoisotopic (exact) mass is 404 g/mol. The minimum Gasteiger partial charge on any atom is -0.496 e. The van der Waals surface area contributed by atoms with E-state index in [9.17, 15) is 13.6 Å². The smallest absolute Gasteiger partial charge is 0.202 e. The number of carbonyl (C=O) groups excluding carboxylic acids is 1. The Labute approximate surface area is 131 Å². The first-order chi connectivity index (χ1) is 9.43. The van der Waals surface area contributed by atoms with Crippen LogP contribution in [-0.2, 0) is 0 Å². The number of carbonyl (C=O) groups is 1. The highest BCUT2D eigenvalue weighted by Gasteiger charge is 2.23. The van der Waals surface area contributed by atoms with Gasteiger partial charge in [-0.2, -0.15) is 0 Å². The summed E-state index contributed by atoms with van der Waals surface area (Å²) in [6, 6.07) is 6.76. The Balaban J connectivity index is 2.60. The largest absolute Gasteiger partial charge is 0.496 e. The number of rotatable bonds is 3. The van der Waals surface area contributed by atoms with Crippen molar-refractivity contribution < 1.29 is 18.3 Å². The standard InChI is InChI=1S/C14H8Br2F2O2/c1-20-12-3-2-7(15)4-9(12)14(19)13-10(17)5-8(16)6-11(13)18/h2-6H,1H3. The van der Waals surface area contributed by atoms with Crippen LogP contribution in [-0.4, -0.2) is 12.9 Å². The molecule has 0 aromatic heterocycles. The predicted molar refractivity (Wildman–Crippen MR) is 78.2 cm³/mol. The molecule has 0 unspecified atom stereocenters. The highest BCUT2D eigenvalue weighted by Crippen LogP contribution is 2.28. The zero-order chi connectivity index (χ0) is 14.9. The summed E-state index contributed by atoms with van der Waals surface area (Å²) >= 11 is 6.18. The molecule has 2 aromatic carbocycles. The summed E-state index contributed by atoms with van der Waals surface area (Å²) < 4.78 is 33.6. The maximum Gasteiger partial charge on any atom is 0.202 e. The lowest BCUT2D eigenvalue weighted by Gasteiger charge is -2.10. The van der Waals surface area contributed by atoms with Crippen molar-refractivity contribution in [1.82, 2.24) is 0 Å². The van der Waals surface area contributed by atoms with Crippen LogP contribution >= 0.6 is 31.9 Å². The molecule has 20 heavy (non-hydrogen) atoms. The first-order valence-corrected chi connectivity index (χ1v) is 7.05. The summed E-state index contributed by atoms with van der Waals surface area (Å²) in [6.45, 7) is 0. The summed E-state index contributed by atoms with van der Waals surface area (Å²) in [5, 5.41) is 0. The zero-order valence-electron chi connectivity index (χ0n) is 10.2. The third kappa shape index (κ3) is 2.91. The fraction of sp³-hybridized carbons (Fsp3) is 0.0714. The van der Waals surface area contributed by atoms with Crippen molar-refractivity contribution >= 4 is 37.6 Å². The van der Waals surface area contributed by atoms with Gasteiger partial charge >= 0.3 is 0 Å². The van der Waals surface area contributed by atoms with E-state index in [-0.39, 0.29) is 15.8 Å². The van der Waals surface area contributed by atoms with Crippen molar-refractivity contribution in [2.75, 3.05) is 7.11 Å². The van der Waals surface area contributed by atoms with E-state index >= 15 is 0 Å². The first kappa shape index (κ1) is 15.1. The van der Waals surface area contributed by atoms with Gasteiger partial charge < -0.3 is 4.74 Å². The second-order valence-electron chi connectivity index (χ2n) is 3.92. The maximum absolute atomic E-state index is 13.8. The van der Waals surface area contributed by atoms with Crippen LogP contribution in [0, 0.1) is 11.6 Å². The molecule has 0 heterocycles. The first-order valence-electron chi connectivity index (χ1n) is 5.47. The topological polar surface area (TPSA) is 26.3 Å². The van der Waals surface area contributed by atoms with Gasteiger partial charge in [-0.3, -0.25) is 4.79 Å². The average Bonchev–Trinajstić information content (AvgIpc) is 2.37. The molecule has 2 nitrogen and oxygen atoms in total. The number of hydrogen-bond donors (Lipinski definition) is 0. The number of ketones is 1. The highest BCUT2D eigenvalue weighted by molar-refractivity contribution is 9.10. The molecule has 0 aliphatic carbocycles. The van der Waals surface area contributed by atoms with Crippen LogP contribution in [0.25, 0.3) is 0 Å². The second kappa shape index (κ2) is 6.01. The lowest BCUT2D eigenvalue weighted by atomic mass is 10.0. The van der Waals surface area contributed by atoms with E-state index in [0.29, 0.717) is 4.47 Å². The second-order valence-corrected chi connectivity index (χ2v) is 5.75. The molecule has 0 N–H and O–H groups in total. The molecule has 0 saturated heterocycles. The summed E-state index contributed by atoms with van der Waals surface area (Å²) in [4.78, 5) is 12.3. The molecular formula is C14H8Br2F2O2. The van der Waals surface area contributed by atoms with Gasteiger partial charge in [0.1, 0.15) is 17.4 Å². The Morgan fingerprint density at radius 2 is 1.65 bits per heavy atom. The van der Waals surface area contributed by atoms with E-state index in [0.717, 1.165) is 12.1 Å². The summed E-state index contributed by atoms with van der Waals surface area (Å²) in [5.74, 6) is -2.38. The third-order valence-corrected chi connectivity index (χ3v) is 3.59. The average molecular weight is 406 g/mol. The molecule has 0 aliphatic heterocycles. The van der Waals surface area contributed by atoms with Crippen LogP contribution in [0.4, 0.5) is 8.78 Å². The van der Waals surface area contributed by atoms with Gasteiger partial charge in [-0.25, -0.2) is 8.78 Å². The molecule has 0 atom stereocenters. The highest BCUT2D eigenvalue weighted by atomic mass is 79.9. The quantitative estimate of drug-likeness (QED) is 0.690. The number of methoxy groups -OCH3 is 1. The Bertz CT molecular complexity index is 664. The van der Waals surface area contributed by atoms with E-state index in [1.165, 1.54) is 13.2 Å². The molecule has 2 aromatic rings. The zero-order valence-corrected chi connectivity index (χ0v) is 13.4. The van der Waals surface area contributed by atoms with Gasteiger partial charge in [0.05, 0.1) is 18.2 Å². The number of halogens is 4. The summed E-state index contributed by atoms with van der Waals surface area (Å²) in [5.41, 5.74) is -0.522. The van der Waals surface area contributed by atoms with E-state index < -0.39 is 23.0 Å². The van der Waals surface area contributed by atoms with Crippen LogP contribution in [0.2, 0.25) is 0 Å². The van der Waals surface area contributed by atoms with E-state index in [1.54, 1.807) is 12.1 Å². The Kier molecular flexibility index (Phi) is 4.55. The molecule has 0 aliphatic rings. The van der Waals surface area contributed by atoms with Crippen molar-refractivity contribution in [3.05, 3.63) is 62.0 Å². The van der Waals surface area contributed by atoms with Gasteiger partial charge in [0.2, 0.25) is 5.78 Å². The van der Waals surface area contributed by atoms with Crippen LogP contribution < -0.4 is 4.74 Å². The lowest BCUT2D eigenvalue weighted by molar-refractivity contribution is 0.102. The fourth-order valence-electron chi connectivity index (χ4n) is 1.75. The SMILES string of the molecule is COc1ccc(Br)cc1C(=O)c1c(F)cc(Br)cc1F. The third-order valence-electron chi connectivity index (χ3n) is 2.64. The molecule has 0 saturated carbocycles. The van der Waals surface area contributed by atoms with Crippen molar-refractivity contribution in [3.8, 4) is 5.75 Å². The Morgan fingerprint density at radius 1 is 1.05 bits per heavy atom. The van der Waals surface area contributed by atoms with Crippen molar-refractivity contribution in [1.29, 1.82) is 0 Å². The fourth-order valence-corrected chi connectivity index (χ4v) is 2.51. The predicted octanol–water partition coefficient (Wildman–Crippen LogP) is 4.73. The summed E-state index contributed by atoms with van der Waals surface area (Å²) in [6.07, 6.45) is 0. The van der Waals surface area contributed by atoms with Crippen molar-refractivity contribution in [2.24, 2.45) is 0 Å². The minimum atomic E-state index is -0.927. The number of ether oxygens (including phenoxy) is 1. The van der Waals surface area contributed by atoms with E-state index in [2.05, 4.69) is 31.9 Å². The molecule has 0 spiro atoms. The molecule has 6 heteroatoms. The van der Waals surface area contributed by atoms with Gasteiger partial charge in [-0.15, -0.1) is 0 Å². The van der Waals surface area contributed by atoms with E-state index in [1.807, 2.05) is 0 Å². The van der Waals surface area contributed by atoms with E-state index in [4.69, 9.17) is 4.74 Å².